The van der Waals surface area contributed by atoms with Gasteiger partial charge in [0.15, 0.2) is 0 Å². The molecule has 1 aromatic rings. The van der Waals surface area contributed by atoms with Crippen molar-refractivity contribution in [2.75, 3.05) is 20.3 Å². The maximum absolute atomic E-state index is 5.04. The van der Waals surface area contributed by atoms with Gasteiger partial charge in [-0.05, 0) is 44.2 Å². The van der Waals surface area contributed by atoms with E-state index >= 15 is 0 Å². The second-order valence-electron chi connectivity index (χ2n) is 5.08. The summed E-state index contributed by atoms with van der Waals surface area (Å²) < 4.78 is 5.04. The number of aryl methyl sites for hydroxylation is 1. The minimum absolute atomic E-state index is 0.721. The summed E-state index contributed by atoms with van der Waals surface area (Å²) in [4.78, 5) is 0. The molecule has 1 saturated carbocycles. The lowest BCUT2D eigenvalue weighted by molar-refractivity contribution is 0.189. The van der Waals surface area contributed by atoms with Crippen LogP contribution in [0, 0.1) is 6.92 Å². The molecular formula is C15H23NO. The number of benzene rings is 1. The fourth-order valence-electron chi connectivity index (χ4n) is 2.42. The van der Waals surface area contributed by atoms with Gasteiger partial charge in [0.25, 0.3) is 0 Å². The first-order valence-electron chi connectivity index (χ1n) is 6.58. The smallest absolute Gasteiger partial charge is 0.0474 e. The Balaban J connectivity index is 1.66. The molecule has 0 heterocycles. The first-order chi connectivity index (χ1) is 8.29. The highest BCUT2D eigenvalue weighted by atomic mass is 16.5. The van der Waals surface area contributed by atoms with E-state index in [9.17, 15) is 0 Å². The Morgan fingerprint density at radius 3 is 2.59 bits per heavy atom. The van der Waals surface area contributed by atoms with Gasteiger partial charge in [0.1, 0.15) is 0 Å². The van der Waals surface area contributed by atoms with E-state index in [4.69, 9.17) is 4.74 Å². The summed E-state index contributed by atoms with van der Waals surface area (Å²) >= 11 is 0. The van der Waals surface area contributed by atoms with Gasteiger partial charge in [-0.15, -0.1) is 0 Å². The molecule has 1 aliphatic rings. The van der Waals surface area contributed by atoms with E-state index in [-0.39, 0.29) is 0 Å². The minimum Gasteiger partial charge on any atom is -0.385 e. The minimum atomic E-state index is 0.721. The quantitative estimate of drug-likeness (QED) is 0.763. The topological polar surface area (TPSA) is 21.3 Å². The van der Waals surface area contributed by atoms with Gasteiger partial charge in [-0.2, -0.15) is 0 Å². The number of methoxy groups -OCH3 is 1. The predicted molar refractivity (Wildman–Crippen MR) is 71.4 cm³/mol. The van der Waals surface area contributed by atoms with Crippen LogP contribution < -0.4 is 5.32 Å². The molecule has 0 radical (unpaired) electrons. The van der Waals surface area contributed by atoms with E-state index < -0.39 is 0 Å². The summed E-state index contributed by atoms with van der Waals surface area (Å²) in [7, 11) is 1.76. The molecule has 1 N–H and O–H groups in total. The molecule has 0 aliphatic heterocycles. The highest BCUT2D eigenvalue weighted by Gasteiger charge is 2.29. The maximum Gasteiger partial charge on any atom is 0.0474 e. The molecule has 0 aromatic heterocycles. The summed E-state index contributed by atoms with van der Waals surface area (Å²) in [6.45, 7) is 4.09. The van der Waals surface area contributed by atoms with Crippen LogP contribution >= 0.6 is 0 Å². The maximum atomic E-state index is 5.04. The van der Waals surface area contributed by atoms with Crippen molar-refractivity contribution in [3.05, 3.63) is 35.4 Å². The molecule has 1 aromatic carbocycles. The molecule has 0 spiro atoms. The van der Waals surface area contributed by atoms with Crippen molar-refractivity contribution in [1.29, 1.82) is 0 Å². The van der Waals surface area contributed by atoms with Crippen molar-refractivity contribution in [3.63, 3.8) is 0 Å². The Labute approximate surface area is 104 Å². The molecule has 2 nitrogen and oxygen atoms in total. The van der Waals surface area contributed by atoms with Crippen molar-refractivity contribution >= 4 is 0 Å². The van der Waals surface area contributed by atoms with Gasteiger partial charge in [-0.1, -0.05) is 29.8 Å². The molecule has 2 heteroatoms. The van der Waals surface area contributed by atoms with E-state index in [0.29, 0.717) is 0 Å². The zero-order valence-electron chi connectivity index (χ0n) is 10.9. The highest BCUT2D eigenvalue weighted by Crippen LogP contribution is 2.36. The second kappa shape index (κ2) is 6.18. The van der Waals surface area contributed by atoms with Gasteiger partial charge in [-0.3, -0.25) is 0 Å². The van der Waals surface area contributed by atoms with Crippen LogP contribution in [0.15, 0.2) is 24.3 Å². The molecule has 0 amide bonds. The largest absolute Gasteiger partial charge is 0.385 e. The van der Waals surface area contributed by atoms with Crippen LogP contribution in [0.3, 0.4) is 0 Å². The first kappa shape index (κ1) is 12.6. The van der Waals surface area contributed by atoms with Crippen molar-refractivity contribution in [1.82, 2.24) is 5.32 Å². The van der Waals surface area contributed by atoms with Crippen LogP contribution in [-0.2, 0) is 4.74 Å². The lowest BCUT2D eigenvalue weighted by Gasteiger charge is -2.36. The summed E-state index contributed by atoms with van der Waals surface area (Å²) in [5, 5.41) is 3.59. The van der Waals surface area contributed by atoms with Crippen LogP contribution in [0.2, 0.25) is 0 Å². The van der Waals surface area contributed by atoms with Crippen LogP contribution in [0.4, 0.5) is 0 Å². The van der Waals surface area contributed by atoms with Gasteiger partial charge >= 0.3 is 0 Å². The summed E-state index contributed by atoms with van der Waals surface area (Å²) in [6.07, 6.45) is 3.69. The zero-order valence-corrected chi connectivity index (χ0v) is 10.9. The fraction of sp³-hybridized carbons (Fsp3) is 0.600. The number of nitrogens with one attached hydrogen (secondary N) is 1. The summed E-state index contributed by atoms with van der Waals surface area (Å²) in [5.74, 6) is 0.774. The molecule has 1 fully saturated rings. The molecular weight excluding hydrogens is 210 g/mol. The Kier molecular flexibility index (Phi) is 4.57. The molecule has 0 atom stereocenters. The van der Waals surface area contributed by atoms with Crippen LogP contribution in [0.5, 0.6) is 0 Å². The lowest BCUT2D eigenvalue weighted by Crippen LogP contribution is -2.40. The molecule has 2 rings (SSSR count). The number of hydrogen-bond acceptors (Lipinski definition) is 2. The van der Waals surface area contributed by atoms with E-state index in [1.807, 2.05) is 0 Å². The lowest BCUT2D eigenvalue weighted by atomic mass is 9.76. The van der Waals surface area contributed by atoms with Gasteiger partial charge in [0.2, 0.25) is 0 Å². The SMILES string of the molecule is COCCCNC1CC(c2ccc(C)cc2)C1. The number of rotatable bonds is 6. The third kappa shape index (κ3) is 3.55. The van der Waals surface area contributed by atoms with E-state index in [0.717, 1.165) is 31.5 Å². The average molecular weight is 233 g/mol. The molecule has 1 aliphatic carbocycles. The Morgan fingerprint density at radius 1 is 1.24 bits per heavy atom. The molecule has 17 heavy (non-hydrogen) atoms. The normalized spacial score (nSPS) is 23.4. The molecule has 94 valence electrons. The van der Waals surface area contributed by atoms with Gasteiger partial charge in [0.05, 0.1) is 0 Å². The predicted octanol–water partition coefficient (Wildman–Crippen LogP) is 2.87. The summed E-state index contributed by atoms with van der Waals surface area (Å²) in [6, 6.07) is 9.71. The van der Waals surface area contributed by atoms with Crippen LogP contribution in [0.25, 0.3) is 0 Å². The first-order valence-corrected chi connectivity index (χ1v) is 6.58. The van der Waals surface area contributed by atoms with Gasteiger partial charge in [-0.25, -0.2) is 0 Å². The standard InChI is InChI=1S/C15H23NO/c1-12-4-6-13(7-5-12)14-10-15(11-14)16-8-3-9-17-2/h4-7,14-16H,3,8-11H2,1-2H3. The molecule has 0 unspecified atom stereocenters. The second-order valence-corrected chi connectivity index (χ2v) is 5.08. The van der Waals surface area contributed by atoms with Crippen molar-refractivity contribution in [3.8, 4) is 0 Å². The van der Waals surface area contributed by atoms with E-state index in [1.165, 1.54) is 24.0 Å². The monoisotopic (exact) mass is 233 g/mol. The summed E-state index contributed by atoms with van der Waals surface area (Å²) in [5.41, 5.74) is 2.85. The Hall–Kier alpha value is -0.860. The van der Waals surface area contributed by atoms with E-state index in [1.54, 1.807) is 7.11 Å². The van der Waals surface area contributed by atoms with Crippen LogP contribution in [0.1, 0.15) is 36.3 Å². The Bertz CT molecular complexity index is 327. The van der Waals surface area contributed by atoms with Crippen molar-refractivity contribution in [2.24, 2.45) is 0 Å². The zero-order chi connectivity index (χ0) is 12.1. The molecule has 0 saturated heterocycles. The number of hydrogen-bond donors (Lipinski definition) is 1. The van der Waals surface area contributed by atoms with Crippen LogP contribution in [-0.4, -0.2) is 26.3 Å². The van der Waals surface area contributed by atoms with Gasteiger partial charge < -0.3 is 10.1 Å². The van der Waals surface area contributed by atoms with E-state index in [2.05, 4.69) is 36.5 Å². The average Bonchev–Trinajstić information content (AvgIpc) is 2.28. The fourth-order valence-corrected chi connectivity index (χ4v) is 2.42. The van der Waals surface area contributed by atoms with Crippen molar-refractivity contribution < 1.29 is 4.74 Å². The third-order valence-corrected chi connectivity index (χ3v) is 3.65. The number of ether oxygens (including phenoxy) is 1. The highest BCUT2D eigenvalue weighted by molar-refractivity contribution is 5.26. The van der Waals surface area contributed by atoms with Gasteiger partial charge in [0, 0.05) is 19.8 Å². The molecule has 0 bridgehead atoms. The Morgan fingerprint density at radius 2 is 1.94 bits per heavy atom. The third-order valence-electron chi connectivity index (χ3n) is 3.65. The van der Waals surface area contributed by atoms with Crippen molar-refractivity contribution in [2.45, 2.75) is 38.1 Å².